The van der Waals surface area contributed by atoms with Gasteiger partial charge in [-0.15, -0.1) is 0 Å². The Labute approximate surface area is 813 Å². The third kappa shape index (κ3) is 18.0. The highest BCUT2D eigenvalue weighted by Gasteiger charge is 2.40. The van der Waals surface area contributed by atoms with Crippen molar-refractivity contribution in [2.75, 3.05) is 0 Å². The minimum absolute atomic E-state index is 0.275. The van der Waals surface area contributed by atoms with Gasteiger partial charge < -0.3 is 17.7 Å². The lowest BCUT2D eigenvalue weighted by Gasteiger charge is -2.43. The van der Waals surface area contributed by atoms with Gasteiger partial charge in [0.2, 0.25) is 45.6 Å². The Kier molecular flexibility index (Phi) is 21.5. The highest BCUT2D eigenvalue weighted by molar-refractivity contribution is 6.12. The normalized spacial score (nSPS) is 23.9. The molecule has 12 heteroatoms. The average molecular weight is 1800 g/mol. The summed E-state index contributed by atoms with van der Waals surface area (Å²) in [5, 5.41) is 8.03. The molecule has 12 nitrogen and oxygen atoms in total. The second kappa shape index (κ2) is 37.7. The maximum Gasteiger partial charge on any atom is 0.227 e. The van der Waals surface area contributed by atoms with E-state index in [0.717, 1.165) is 225 Å². The largest absolute Gasteiger partial charge is 0.437 e. The number of hydrogen-bond acceptors (Lipinski definition) is 8. The molecule has 0 aliphatic heterocycles. The zero-order valence-electron chi connectivity index (χ0n) is 94.9. The van der Waals surface area contributed by atoms with E-state index in [1.165, 1.54) is 108 Å². The fraction of sp³-hybridized carbons (Fsp3) is 0.475. The first-order valence-corrected chi connectivity index (χ1v) is 50.6. The highest BCUT2D eigenvalue weighted by atomic mass is 16.4. The number of furan rings is 4. The summed E-state index contributed by atoms with van der Waals surface area (Å²) in [6.45, 7) is 14.1. The number of pyridine rings is 8. The molecule has 0 N–H and O–H groups in total. The van der Waals surface area contributed by atoms with Crippen LogP contribution in [0.3, 0.4) is 0 Å². The Balaban J connectivity index is 0.000000119. The van der Waals surface area contributed by atoms with Crippen LogP contribution in [-0.4, -0.2) is 19.9 Å². The first-order chi connectivity index (χ1) is 69.8. The molecule has 0 radical (unpaired) electrons. The van der Waals surface area contributed by atoms with E-state index in [2.05, 4.69) is 151 Å². The zero-order valence-corrected chi connectivity index (χ0v) is 81.9. The monoisotopic (exact) mass is 1800 g/mol. The van der Waals surface area contributed by atoms with Crippen LogP contribution in [0.2, 0.25) is 0 Å². The zero-order chi connectivity index (χ0) is 104. The van der Waals surface area contributed by atoms with E-state index >= 15 is 0 Å². The molecule has 16 aromatic rings. The first kappa shape index (κ1) is 76.4. The van der Waals surface area contributed by atoms with E-state index in [0.29, 0.717) is 112 Å². The molecule has 4 aromatic carbocycles. The molecule has 7 aliphatic rings. The fourth-order valence-corrected chi connectivity index (χ4v) is 24.9. The molecular formula is C122H146N8O4+4. The van der Waals surface area contributed by atoms with Crippen molar-refractivity contribution in [3.63, 3.8) is 0 Å². The van der Waals surface area contributed by atoms with Crippen LogP contribution in [0, 0.1) is 110 Å². The van der Waals surface area contributed by atoms with Crippen molar-refractivity contribution in [1.29, 1.82) is 0 Å². The first-order valence-electron chi connectivity index (χ1n) is 57.1. The third-order valence-corrected chi connectivity index (χ3v) is 32.9. The van der Waals surface area contributed by atoms with Crippen molar-refractivity contribution < 1.29 is 53.8 Å². The second-order valence-electron chi connectivity index (χ2n) is 42.5. The lowest BCUT2D eigenvalue weighted by Crippen LogP contribution is -2.32. The highest BCUT2D eigenvalue weighted by Crippen LogP contribution is 2.54. The number of nitrogens with zero attached hydrogens (tertiary/aromatic N) is 8. The van der Waals surface area contributed by atoms with Gasteiger partial charge in [0, 0.05) is 131 Å². The van der Waals surface area contributed by atoms with Crippen LogP contribution in [0.15, 0.2) is 170 Å². The molecule has 7 aliphatic carbocycles. The van der Waals surface area contributed by atoms with Crippen LogP contribution >= 0.6 is 0 Å². The molecular weight excluding hydrogens is 1640 g/mol. The molecule has 0 unspecified atom stereocenters. The van der Waals surface area contributed by atoms with Gasteiger partial charge in [-0.3, -0.25) is 0 Å². The minimum Gasteiger partial charge on any atom is -0.437 e. The summed E-state index contributed by atoms with van der Waals surface area (Å²) in [6, 6.07) is 43.4. The fourth-order valence-electron chi connectivity index (χ4n) is 24.9. The summed E-state index contributed by atoms with van der Waals surface area (Å²) in [4.78, 5) is 18.4. The predicted molar refractivity (Wildman–Crippen MR) is 549 cm³/mol. The summed E-state index contributed by atoms with van der Waals surface area (Å²) >= 11 is 0. The van der Waals surface area contributed by atoms with Crippen molar-refractivity contribution >= 4 is 88.3 Å². The van der Waals surface area contributed by atoms with E-state index in [9.17, 15) is 5.48 Å². The summed E-state index contributed by atoms with van der Waals surface area (Å²) < 4.78 is 146. The van der Waals surface area contributed by atoms with Crippen LogP contribution in [0.25, 0.3) is 133 Å². The number of aromatic nitrogens is 8. The molecule has 23 rings (SSSR count). The molecule has 0 bridgehead atoms. The molecule has 0 saturated heterocycles. The average Bonchev–Trinajstić information content (AvgIpc) is 1.70. The van der Waals surface area contributed by atoms with E-state index in [-0.39, 0.29) is 5.56 Å². The summed E-state index contributed by atoms with van der Waals surface area (Å²) in [6.07, 6.45) is 41.5. The summed E-state index contributed by atoms with van der Waals surface area (Å²) in [5.74, 6) is -0.397. The molecule has 1 spiro atoms. The van der Waals surface area contributed by atoms with Gasteiger partial charge in [-0.1, -0.05) is 133 Å². The van der Waals surface area contributed by atoms with Crippen LogP contribution in [0.1, 0.15) is 338 Å². The smallest absolute Gasteiger partial charge is 0.227 e. The second-order valence-corrected chi connectivity index (χ2v) is 42.5. The quantitative estimate of drug-likeness (QED) is 0.124. The molecule has 694 valence electrons. The van der Waals surface area contributed by atoms with Crippen LogP contribution in [0.4, 0.5) is 0 Å². The Morgan fingerprint density at radius 2 is 0.597 bits per heavy atom. The molecule has 7 saturated carbocycles. The van der Waals surface area contributed by atoms with Crippen LogP contribution in [0.5, 0.6) is 0 Å². The number of aryl methyl sites for hydroxylation is 15. The predicted octanol–water partition coefficient (Wildman–Crippen LogP) is 31.3. The SMILES string of the molecule is [2H]C([2H])([2H])c1c[n+](C)c(-c2c(C)ccc3c2oc2nc(C)ccc23)cc1C1([2H])CCC(C2CCC(C)(C)CC2)CC1.[2H]C([2H])([2H])c1c[n+](C)c(-c2c(C)ccc3c2oc2nc(C)ccc23)cc1C1([2H])CCC(C2CCCCC2)CC1.[2H]C([2H])([2H])c1c[n+](C)c(-c2c(C)ccc3c2oc2nc(C)ccc23)cc1C1([2H])CCCCC1.[2H]C1(c2cc[n+](C)c(-c3c(C)ccc4c3oc3nc(C)ccc34)c2)CCC2(CCCCC2)CC1. The molecule has 0 amide bonds. The lowest BCUT2D eigenvalue weighted by molar-refractivity contribution is -0.660. The van der Waals surface area contributed by atoms with Gasteiger partial charge in [0.25, 0.3) is 0 Å². The van der Waals surface area contributed by atoms with E-state index in [4.69, 9.17) is 30.0 Å². The van der Waals surface area contributed by atoms with Crippen LogP contribution in [-0.2, 0) is 28.2 Å². The van der Waals surface area contributed by atoms with Gasteiger partial charge >= 0.3 is 0 Å². The van der Waals surface area contributed by atoms with Gasteiger partial charge in [-0.25, -0.2) is 38.2 Å². The molecule has 12 aromatic heterocycles. The maximum absolute atomic E-state index is 9.71. The molecule has 134 heavy (non-hydrogen) atoms. The number of fused-ring (bicyclic) bond motifs is 12. The minimum atomic E-state index is -2.30. The van der Waals surface area contributed by atoms with E-state index in [1.807, 2.05) is 118 Å². The lowest BCUT2D eigenvalue weighted by atomic mass is 9.62. The van der Waals surface area contributed by atoms with Crippen molar-refractivity contribution in [2.45, 2.75) is 312 Å². The molecule has 7 fully saturated rings. The number of benzene rings is 4. The van der Waals surface area contributed by atoms with Crippen LogP contribution < -0.4 is 18.3 Å². The van der Waals surface area contributed by atoms with E-state index < -0.39 is 44.1 Å². The van der Waals surface area contributed by atoms with Gasteiger partial charge in [0.1, 0.15) is 28.2 Å². The topological polar surface area (TPSA) is 120 Å². The third-order valence-electron chi connectivity index (χ3n) is 32.9. The summed E-state index contributed by atoms with van der Waals surface area (Å²) in [7, 11) is 7.76. The van der Waals surface area contributed by atoms with Gasteiger partial charge in [0.15, 0.2) is 47.1 Å². The van der Waals surface area contributed by atoms with Crippen molar-refractivity contribution in [3.8, 4) is 45.0 Å². The Morgan fingerprint density at radius 1 is 0.291 bits per heavy atom. The van der Waals surface area contributed by atoms with Crippen molar-refractivity contribution in [3.05, 3.63) is 236 Å². The molecule has 0 atom stereocenters. The maximum atomic E-state index is 9.71. The van der Waals surface area contributed by atoms with E-state index in [1.54, 1.807) is 18.6 Å². The Morgan fingerprint density at radius 3 is 0.948 bits per heavy atom. The van der Waals surface area contributed by atoms with Gasteiger partial charge in [-0.2, -0.15) is 0 Å². The van der Waals surface area contributed by atoms with Gasteiger partial charge in [0.05, 0.1) is 22.3 Å². The number of hydrogen-bond donors (Lipinski definition) is 0. The van der Waals surface area contributed by atoms with Crippen molar-refractivity contribution in [2.24, 2.45) is 62.7 Å². The Hall–Kier alpha value is -10.7. The number of rotatable bonds is 10. The molecule has 12 heterocycles. The Bertz CT molecular complexity index is 7730. The van der Waals surface area contributed by atoms with Gasteiger partial charge in [-0.05, 0) is 355 Å². The standard InChI is InChI=1S/C34H43N2O.C32H39N2O.C30H35N2O.C26H29N2O/c1-21-7-13-27-28-14-8-23(3)35-33(28)37-32(27)31(21)30-19-29(22(2)20-36(30)6)26-11-9-24(10-12-26)25-15-17-34(4,5)18-16-25;1-20-10-16-26-27-17-11-22(3)33-32(27)35-31(26)30(20)29-18-28(21(2)19-34(29)4)25-14-12-24(13-15-25)23-8-6-5-7-9-23;1-20-7-9-24-25-10-8-21(2)31-29(25)33-28(24)27(20)26-19-23(13-18-32(26)3)22-11-16-30(17-12-22)14-5-4-6-15-30;1-16-10-12-20-21-13-11-18(3)27-26(21)29-25(20)24(16)23-14-22(17(2)15-28(23)4)19-8-6-5-7-9-19/h7-8,13-14,19-20,24-26H,9-12,15-18H2,1-6H3;10-11,16-19,23-25H,5-9,12-15H2,1-4H3;7-10,13,18-19,22H,4-6,11-12,14-17H2,1-3H3;10-15,19H,5-9H2,1-4H3/q4*+1/i2D3,26D;2D3,25D;22D;2D3,19D. The van der Waals surface area contributed by atoms with Crippen molar-refractivity contribution in [1.82, 2.24) is 19.9 Å². The summed E-state index contributed by atoms with van der Waals surface area (Å²) in [5.41, 5.74) is 26.1.